The Hall–Kier alpha value is -1.26. The summed E-state index contributed by atoms with van der Waals surface area (Å²) in [6.07, 6.45) is 7.14. The molecule has 100 valence electrons. The summed E-state index contributed by atoms with van der Waals surface area (Å²) in [5.41, 5.74) is 5.34. The highest BCUT2D eigenvalue weighted by atomic mass is 16.4. The van der Waals surface area contributed by atoms with E-state index in [1.165, 1.54) is 25.7 Å². The van der Waals surface area contributed by atoms with E-state index in [-0.39, 0.29) is 11.7 Å². The molecule has 0 heterocycles. The van der Waals surface area contributed by atoms with Gasteiger partial charge in [0.2, 0.25) is 5.91 Å². The van der Waals surface area contributed by atoms with E-state index < -0.39 is 5.92 Å². The van der Waals surface area contributed by atoms with Crippen molar-refractivity contribution in [2.45, 2.75) is 52.4 Å². The maximum atomic E-state index is 11.5. The number of nitrogens with two attached hydrogens (primary N) is 1. The van der Waals surface area contributed by atoms with E-state index in [1.54, 1.807) is 6.92 Å². The van der Waals surface area contributed by atoms with Crippen molar-refractivity contribution >= 4 is 11.7 Å². The van der Waals surface area contributed by atoms with E-state index in [9.17, 15) is 4.79 Å². The average Bonchev–Trinajstić information content (AvgIpc) is 2.35. The van der Waals surface area contributed by atoms with Gasteiger partial charge in [0, 0.05) is 6.54 Å². The van der Waals surface area contributed by atoms with Crippen LogP contribution in [-0.2, 0) is 4.79 Å². The fourth-order valence-corrected chi connectivity index (χ4v) is 1.49. The van der Waals surface area contributed by atoms with Gasteiger partial charge >= 0.3 is 0 Å². The third kappa shape index (κ3) is 7.60. The third-order valence-electron chi connectivity index (χ3n) is 2.78. The van der Waals surface area contributed by atoms with Crippen LogP contribution in [0.1, 0.15) is 52.4 Å². The Balaban J connectivity index is 3.52. The Labute approximate surface area is 103 Å². The van der Waals surface area contributed by atoms with Crippen LogP contribution < -0.4 is 11.1 Å². The molecule has 1 atom stereocenters. The summed E-state index contributed by atoms with van der Waals surface area (Å²) in [4.78, 5) is 11.5. The number of nitrogens with one attached hydrogen (secondary N) is 1. The van der Waals surface area contributed by atoms with Crippen molar-refractivity contribution in [3.63, 3.8) is 0 Å². The summed E-state index contributed by atoms with van der Waals surface area (Å²) < 4.78 is 0. The standard InChI is InChI=1S/C12H25N3O2/c1-3-4-5-6-7-8-9-14-12(16)10(2)11(13)15-17/h10,17H,3-9H2,1-2H3,(H2,13,15)(H,14,16). The van der Waals surface area contributed by atoms with Gasteiger partial charge in [-0.3, -0.25) is 4.79 Å². The van der Waals surface area contributed by atoms with Gasteiger partial charge in [-0.2, -0.15) is 0 Å². The molecule has 17 heavy (non-hydrogen) atoms. The Morgan fingerprint density at radius 2 is 1.88 bits per heavy atom. The second-order valence-electron chi connectivity index (χ2n) is 4.31. The second kappa shape index (κ2) is 9.93. The van der Waals surface area contributed by atoms with Crippen molar-refractivity contribution in [1.82, 2.24) is 5.32 Å². The maximum absolute atomic E-state index is 11.5. The van der Waals surface area contributed by atoms with Gasteiger partial charge in [-0.05, 0) is 13.3 Å². The van der Waals surface area contributed by atoms with Crippen molar-refractivity contribution in [3.05, 3.63) is 0 Å². The molecule has 1 unspecified atom stereocenters. The molecular weight excluding hydrogens is 218 g/mol. The number of oxime groups is 1. The minimum absolute atomic E-state index is 0.0505. The van der Waals surface area contributed by atoms with Crippen molar-refractivity contribution in [3.8, 4) is 0 Å². The maximum Gasteiger partial charge on any atom is 0.230 e. The zero-order chi connectivity index (χ0) is 13.1. The van der Waals surface area contributed by atoms with E-state index in [0.717, 1.165) is 12.8 Å². The summed E-state index contributed by atoms with van der Waals surface area (Å²) >= 11 is 0. The van der Waals surface area contributed by atoms with Crippen LogP contribution in [0.3, 0.4) is 0 Å². The lowest BCUT2D eigenvalue weighted by molar-refractivity contribution is -0.122. The first kappa shape index (κ1) is 15.7. The summed E-state index contributed by atoms with van der Waals surface area (Å²) in [7, 11) is 0. The van der Waals surface area contributed by atoms with Crippen molar-refractivity contribution < 1.29 is 10.0 Å². The molecule has 5 nitrogen and oxygen atoms in total. The molecule has 0 aliphatic heterocycles. The third-order valence-corrected chi connectivity index (χ3v) is 2.78. The lowest BCUT2D eigenvalue weighted by atomic mass is 10.1. The lowest BCUT2D eigenvalue weighted by Crippen LogP contribution is -2.37. The van der Waals surface area contributed by atoms with Gasteiger partial charge in [-0.1, -0.05) is 44.2 Å². The molecule has 4 N–H and O–H groups in total. The number of nitrogens with zero attached hydrogens (tertiary/aromatic N) is 1. The number of carbonyl (C=O) groups excluding carboxylic acids is 1. The van der Waals surface area contributed by atoms with Gasteiger partial charge in [0.05, 0.1) is 5.92 Å². The van der Waals surface area contributed by atoms with Gasteiger partial charge in [-0.25, -0.2) is 0 Å². The van der Waals surface area contributed by atoms with Crippen LogP contribution in [0.25, 0.3) is 0 Å². The van der Waals surface area contributed by atoms with Crippen LogP contribution in [-0.4, -0.2) is 23.5 Å². The summed E-state index contributed by atoms with van der Waals surface area (Å²) in [5.74, 6) is -0.806. The molecule has 1 amide bonds. The van der Waals surface area contributed by atoms with E-state index in [2.05, 4.69) is 17.4 Å². The molecule has 0 aromatic carbocycles. The topological polar surface area (TPSA) is 87.7 Å². The number of amides is 1. The predicted molar refractivity (Wildman–Crippen MR) is 69.0 cm³/mol. The van der Waals surface area contributed by atoms with Crippen LogP contribution in [0.4, 0.5) is 0 Å². The van der Waals surface area contributed by atoms with Crippen molar-refractivity contribution in [1.29, 1.82) is 0 Å². The molecule has 0 bridgehead atoms. The molecule has 0 aliphatic carbocycles. The highest BCUT2D eigenvalue weighted by molar-refractivity contribution is 6.01. The molecule has 0 fully saturated rings. The Morgan fingerprint density at radius 3 is 2.47 bits per heavy atom. The fraction of sp³-hybridized carbons (Fsp3) is 0.833. The Bertz CT molecular complexity index is 242. The van der Waals surface area contributed by atoms with Gasteiger partial charge in [-0.15, -0.1) is 0 Å². The van der Waals surface area contributed by atoms with Crippen LogP contribution >= 0.6 is 0 Å². The van der Waals surface area contributed by atoms with Gasteiger partial charge in [0.1, 0.15) is 0 Å². The van der Waals surface area contributed by atoms with E-state index in [1.807, 2.05) is 0 Å². The quantitative estimate of drug-likeness (QED) is 0.190. The van der Waals surface area contributed by atoms with E-state index >= 15 is 0 Å². The zero-order valence-electron chi connectivity index (χ0n) is 10.9. The van der Waals surface area contributed by atoms with Crippen molar-refractivity contribution in [2.24, 2.45) is 16.8 Å². The van der Waals surface area contributed by atoms with Crippen LogP contribution in [0.15, 0.2) is 5.16 Å². The summed E-state index contributed by atoms with van der Waals surface area (Å²) in [5, 5.41) is 14.0. The minimum atomic E-state index is -0.569. The SMILES string of the molecule is CCCCCCCCNC(=O)C(C)C(N)=NO. The number of carbonyl (C=O) groups is 1. The van der Waals surface area contributed by atoms with Gasteiger partial charge in [0.15, 0.2) is 5.84 Å². The van der Waals surface area contributed by atoms with Gasteiger partial charge in [0.25, 0.3) is 0 Å². The van der Waals surface area contributed by atoms with Crippen LogP contribution in [0.2, 0.25) is 0 Å². The van der Waals surface area contributed by atoms with Gasteiger partial charge < -0.3 is 16.3 Å². The molecule has 0 spiro atoms. The molecular formula is C12H25N3O2. The van der Waals surface area contributed by atoms with Crippen LogP contribution in [0.5, 0.6) is 0 Å². The molecule has 0 saturated heterocycles. The summed E-state index contributed by atoms with van der Waals surface area (Å²) in [6, 6.07) is 0. The second-order valence-corrected chi connectivity index (χ2v) is 4.31. The lowest BCUT2D eigenvalue weighted by Gasteiger charge is -2.10. The number of hydrogen-bond acceptors (Lipinski definition) is 3. The molecule has 0 radical (unpaired) electrons. The highest BCUT2D eigenvalue weighted by Gasteiger charge is 2.16. The molecule has 0 aliphatic rings. The normalized spacial score (nSPS) is 13.4. The Morgan fingerprint density at radius 1 is 1.29 bits per heavy atom. The molecule has 5 heteroatoms. The number of hydrogen-bond donors (Lipinski definition) is 3. The minimum Gasteiger partial charge on any atom is -0.409 e. The average molecular weight is 243 g/mol. The Kier molecular flexibility index (Phi) is 9.19. The highest BCUT2D eigenvalue weighted by Crippen LogP contribution is 2.04. The zero-order valence-corrected chi connectivity index (χ0v) is 10.9. The first-order chi connectivity index (χ1) is 8.13. The number of unbranched alkanes of at least 4 members (excludes halogenated alkanes) is 5. The predicted octanol–water partition coefficient (Wildman–Crippen LogP) is 1.85. The first-order valence-corrected chi connectivity index (χ1v) is 6.38. The van der Waals surface area contributed by atoms with Crippen molar-refractivity contribution in [2.75, 3.05) is 6.54 Å². The fourth-order valence-electron chi connectivity index (χ4n) is 1.49. The monoisotopic (exact) mass is 243 g/mol. The first-order valence-electron chi connectivity index (χ1n) is 6.38. The van der Waals surface area contributed by atoms with E-state index in [4.69, 9.17) is 10.9 Å². The molecule has 0 rings (SSSR count). The van der Waals surface area contributed by atoms with E-state index in [0.29, 0.717) is 6.54 Å². The largest absolute Gasteiger partial charge is 0.409 e. The number of rotatable bonds is 9. The molecule has 0 saturated carbocycles. The molecule has 0 aromatic rings. The smallest absolute Gasteiger partial charge is 0.230 e. The van der Waals surface area contributed by atoms with Crippen LogP contribution in [0, 0.1) is 5.92 Å². The summed E-state index contributed by atoms with van der Waals surface area (Å²) in [6.45, 7) is 4.47. The molecule has 0 aromatic heterocycles. The number of amidine groups is 1.